The average Bonchev–Trinajstić information content (AvgIpc) is 2.85. The fraction of sp³-hybridized carbons (Fsp3) is 0.467. The van der Waals surface area contributed by atoms with Crippen molar-refractivity contribution in [3.8, 4) is 0 Å². The molecule has 2 atom stereocenters. The Bertz CT molecular complexity index is 622. The van der Waals surface area contributed by atoms with Gasteiger partial charge in [0.2, 0.25) is 5.91 Å². The first-order chi connectivity index (χ1) is 9.65. The van der Waals surface area contributed by atoms with Crippen LogP contribution in [0.15, 0.2) is 24.3 Å². The molecular weight excluding hydrogens is 254 g/mol. The van der Waals surface area contributed by atoms with Crippen LogP contribution in [0.25, 0.3) is 10.9 Å². The third-order valence-electron chi connectivity index (χ3n) is 4.14. The number of nitrogens with one attached hydrogen (secondary N) is 1. The maximum absolute atomic E-state index is 12.3. The first-order valence-electron chi connectivity index (χ1n) is 7.03. The van der Waals surface area contributed by atoms with Crippen LogP contribution in [0.1, 0.15) is 19.0 Å². The highest BCUT2D eigenvalue weighted by molar-refractivity contribution is 5.87. The van der Waals surface area contributed by atoms with Gasteiger partial charge in [-0.2, -0.15) is 5.10 Å². The Morgan fingerprint density at radius 2 is 2.30 bits per heavy atom. The molecule has 1 aliphatic heterocycles. The number of benzene rings is 1. The molecule has 3 rings (SSSR count). The molecule has 2 aromatic rings. The molecule has 1 aliphatic rings. The van der Waals surface area contributed by atoms with E-state index in [0.29, 0.717) is 13.0 Å². The Balaban J connectivity index is 1.73. The SMILES string of the molecule is CC1CCN(C(=O)Cc2[nH]nc3ccccc23)CC1O. The van der Waals surface area contributed by atoms with E-state index in [1.807, 2.05) is 31.2 Å². The summed E-state index contributed by atoms with van der Waals surface area (Å²) in [5, 5.41) is 18.0. The monoisotopic (exact) mass is 273 g/mol. The number of fused-ring (bicyclic) bond motifs is 1. The van der Waals surface area contributed by atoms with E-state index in [-0.39, 0.29) is 11.8 Å². The van der Waals surface area contributed by atoms with E-state index in [9.17, 15) is 9.90 Å². The molecule has 0 spiro atoms. The van der Waals surface area contributed by atoms with Crippen LogP contribution in [0.2, 0.25) is 0 Å². The number of β-amino-alcohol motifs (C(OH)–C–C–N with tert-alkyl or cyclic N) is 1. The predicted octanol–water partition coefficient (Wildman–Crippen LogP) is 1.33. The minimum absolute atomic E-state index is 0.0466. The van der Waals surface area contributed by atoms with Gasteiger partial charge in [-0.3, -0.25) is 9.89 Å². The highest BCUT2D eigenvalue weighted by Crippen LogP contribution is 2.20. The molecule has 2 unspecified atom stereocenters. The van der Waals surface area contributed by atoms with E-state index < -0.39 is 6.10 Å². The maximum Gasteiger partial charge on any atom is 0.228 e. The van der Waals surface area contributed by atoms with Crippen molar-refractivity contribution < 1.29 is 9.90 Å². The van der Waals surface area contributed by atoms with Crippen molar-refractivity contribution in [1.82, 2.24) is 15.1 Å². The van der Waals surface area contributed by atoms with Gasteiger partial charge in [-0.25, -0.2) is 0 Å². The van der Waals surface area contributed by atoms with Gasteiger partial charge in [-0.1, -0.05) is 25.1 Å². The van der Waals surface area contributed by atoms with Crippen molar-refractivity contribution in [1.29, 1.82) is 0 Å². The van der Waals surface area contributed by atoms with Crippen molar-refractivity contribution in [2.24, 2.45) is 5.92 Å². The topological polar surface area (TPSA) is 69.2 Å². The molecule has 1 aromatic carbocycles. The number of nitrogens with zero attached hydrogens (tertiary/aromatic N) is 2. The molecule has 20 heavy (non-hydrogen) atoms. The quantitative estimate of drug-likeness (QED) is 0.867. The lowest BCUT2D eigenvalue weighted by Crippen LogP contribution is -2.46. The summed E-state index contributed by atoms with van der Waals surface area (Å²) in [5.41, 5.74) is 1.72. The van der Waals surface area contributed by atoms with E-state index in [1.54, 1.807) is 4.90 Å². The third kappa shape index (κ3) is 2.41. The Labute approximate surface area is 117 Å². The van der Waals surface area contributed by atoms with Crippen molar-refractivity contribution >= 4 is 16.8 Å². The number of H-pyrrole nitrogens is 1. The number of likely N-dealkylation sites (tertiary alicyclic amines) is 1. The molecule has 106 valence electrons. The van der Waals surface area contributed by atoms with Crippen LogP contribution in [0.4, 0.5) is 0 Å². The van der Waals surface area contributed by atoms with Crippen molar-refractivity contribution in [3.05, 3.63) is 30.0 Å². The van der Waals surface area contributed by atoms with Gasteiger partial charge in [0.25, 0.3) is 0 Å². The molecule has 1 saturated heterocycles. The molecule has 1 amide bonds. The zero-order valence-corrected chi connectivity index (χ0v) is 11.5. The van der Waals surface area contributed by atoms with Gasteiger partial charge in [0.05, 0.1) is 23.7 Å². The second-order valence-corrected chi connectivity index (χ2v) is 5.57. The van der Waals surface area contributed by atoms with Crippen molar-refractivity contribution in [3.63, 3.8) is 0 Å². The van der Waals surface area contributed by atoms with Crippen LogP contribution in [-0.4, -0.2) is 45.3 Å². The summed E-state index contributed by atoms with van der Waals surface area (Å²) < 4.78 is 0. The average molecular weight is 273 g/mol. The highest BCUT2D eigenvalue weighted by Gasteiger charge is 2.27. The molecule has 1 fully saturated rings. The summed E-state index contributed by atoms with van der Waals surface area (Å²) in [6, 6.07) is 7.76. The Hall–Kier alpha value is -1.88. The summed E-state index contributed by atoms with van der Waals surface area (Å²) in [6.07, 6.45) is 0.754. The number of para-hydroxylation sites is 1. The van der Waals surface area contributed by atoms with Crippen molar-refractivity contribution in [2.45, 2.75) is 25.9 Å². The summed E-state index contributed by atoms with van der Waals surface area (Å²) in [5.74, 6) is 0.317. The Morgan fingerprint density at radius 1 is 1.50 bits per heavy atom. The highest BCUT2D eigenvalue weighted by atomic mass is 16.3. The van der Waals surface area contributed by atoms with Crippen LogP contribution in [-0.2, 0) is 11.2 Å². The van der Waals surface area contributed by atoms with E-state index in [2.05, 4.69) is 10.2 Å². The molecule has 5 nitrogen and oxygen atoms in total. The molecule has 0 aliphatic carbocycles. The van der Waals surface area contributed by atoms with E-state index in [4.69, 9.17) is 0 Å². The van der Waals surface area contributed by atoms with Crippen LogP contribution in [0, 0.1) is 5.92 Å². The lowest BCUT2D eigenvalue weighted by Gasteiger charge is -2.34. The van der Waals surface area contributed by atoms with Crippen LogP contribution in [0.5, 0.6) is 0 Å². The van der Waals surface area contributed by atoms with E-state index in [1.165, 1.54) is 0 Å². The Morgan fingerprint density at radius 3 is 3.10 bits per heavy atom. The number of hydrogen-bond acceptors (Lipinski definition) is 3. The summed E-state index contributed by atoms with van der Waals surface area (Å²) in [4.78, 5) is 14.1. The number of piperidine rings is 1. The lowest BCUT2D eigenvalue weighted by atomic mass is 9.96. The normalized spacial score (nSPS) is 23.2. The van der Waals surface area contributed by atoms with Gasteiger partial charge in [-0.15, -0.1) is 0 Å². The standard InChI is InChI=1S/C15H19N3O2/c1-10-6-7-18(9-14(10)19)15(20)8-13-11-4-2-3-5-12(11)16-17-13/h2-5,10,14,19H,6-9H2,1H3,(H,16,17). The Kier molecular flexibility index (Phi) is 3.44. The van der Waals surface area contributed by atoms with Crippen molar-refractivity contribution in [2.75, 3.05) is 13.1 Å². The number of aliphatic hydroxyl groups is 1. The van der Waals surface area contributed by atoms with Gasteiger partial charge < -0.3 is 10.0 Å². The third-order valence-corrected chi connectivity index (χ3v) is 4.14. The van der Waals surface area contributed by atoms with E-state index >= 15 is 0 Å². The van der Waals surface area contributed by atoms with Crippen LogP contribution in [0.3, 0.4) is 0 Å². The minimum Gasteiger partial charge on any atom is -0.391 e. The molecular formula is C15H19N3O2. The largest absolute Gasteiger partial charge is 0.391 e. The first kappa shape index (κ1) is 13.1. The molecule has 2 N–H and O–H groups in total. The number of aromatic amines is 1. The van der Waals surface area contributed by atoms with Gasteiger partial charge >= 0.3 is 0 Å². The molecule has 0 saturated carbocycles. The molecule has 0 bridgehead atoms. The molecule has 5 heteroatoms. The maximum atomic E-state index is 12.3. The fourth-order valence-corrected chi connectivity index (χ4v) is 2.69. The number of aromatic nitrogens is 2. The summed E-state index contributed by atoms with van der Waals surface area (Å²) in [6.45, 7) is 3.18. The number of amides is 1. The predicted molar refractivity (Wildman–Crippen MR) is 76.2 cm³/mol. The number of aliphatic hydroxyl groups excluding tert-OH is 1. The molecule has 2 heterocycles. The summed E-state index contributed by atoms with van der Waals surface area (Å²) in [7, 11) is 0. The van der Waals surface area contributed by atoms with Gasteiger partial charge in [0.15, 0.2) is 0 Å². The van der Waals surface area contributed by atoms with Gasteiger partial charge in [-0.05, 0) is 18.4 Å². The molecule has 0 radical (unpaired) electrons. The van der Waals surface area contributed by atoms with Crippen LogP contribution < -0.4 is 0 Å². The summed E-state index contributed by atoms with van der Waals surface area (Å²) >= 11 is 0. The van der Waals surface area contributed by atoms with Gasteiger partial charge in [0, 0.05) is 18.5 Å². The second-order valence-electron chi connectivity index (χ2n) is 5.57. The van der Waals surface area contributed by atoms with Gasteiger partial charge in [0.1, 0.15) is 0 Å². The minimum atomic E-state index is -0.411. The second kappa shape index (κ2) is 5.25. The fourth-order valence-electron chi connectivity index (χ4n) is 2.69. The van der Waals surface area contributed by atoms with Crippen LogP contribution >= 0.6 is 0 Å². The number of carbonyl (C=O) groups excluding carboxylic acids is 1. The van der Waals surface area contributed by atoms with E-state index in [0.717, 1.165) is 29.6 Å². The number of carbonyl (C=O) groups is 1. The zero-order chi connectivity index (χ0) is 14.1. The number of hydrogen-bond donors (Lipinski definition) is 2. The first-order valence-corrected chi connectivity index (χ1v) is 7.03. The smallest absolute Gasteiger partial charge is 0.228 e. The lowest BCUT2D eigenvalue weighted by molar-refractivity contribution is -0.134. The number of rotatable bonds is 2. The molecule has 1 aromatic heterocycles. The zero-order valence-electron chi connectivity index (χ0n) is 11.5.